The van der Waals surface area contributed by atoms with E-state index >= 15 is 0 Å². The monoisotopic (exact) mass is 393 g/mol. The van der Waals surface area contributed by atoms with E-state index in [-0.39, 0.29) is 5.91 Å². The van der Waals surface area contributed by atoms with E-state index in [9.17, 15) is 10.1 Å². The maximum atomic E-state index is 12.8. The Labute approximate surface area is 168 Å². The first-order chi connectivity index (χ1) is 13.9. The highest BCUT2D eigenvalue weighted by molar-refractivity contribution is 5.77. The third kappa shape index (κ3) is 3.35. The van der Waals surface area contributed by atoms with Crippen LogP contribution in [0.4, 0.5) is 0 Å². The summed E-state index contributed by atoms with van der Waals surface area (Å²) >= 11 is 0. The van der Waals surface area contributed by atoms with E-state index in [2.05, 4.69) is 31.6 Å². The molecule has 150 valence electrons. The Morgan fingerprint density at radius 2 is 2.07 bits per heavy atom. The molecule has 1 aliphatic carbocycles. The van der Waals surface area contributed by atoms with Gasteiger partial charge in [-0.05, 0) is 38.7 Å². The van der Waals surface area contributed by atoms with Crippen molar-refractivity contribution in [3.63, 3.8) is 0 Å². The molecule has 9 heteroatoms. The lowest BCUT2D eigenvalue weighted by molar-refractivity contribution is -0.123. The fourth-order valence-corrected chi connectivity index (χ4v) is 4.20. The van der Waals surface area contributed by atoms with Crippen molar-refractivity contribution >= 4 is 11.6 Å². The molecule has 0 saturated heterocycles. The molecular formula is C20H23N7O2. The minimum absolute atomic E-state index is 0.0496. The number of rotatable bonds is 5. The number of aryl methyl sites for hydroxylation is 3. The Morgan fingerprint density at radius 1 is 1.31 bits per heavy atom. The maximum absolute atomic E-state index is 12.8. The summed E-state index contributed by atoms with van der Waals surface area (Å²) in [4.78, 5) is 21.7. The zero-order chi connectivity index (χ0) is 20.6. The first-order valence-electron chi connectivity index (χ1n) is 9.79. The lowest BCUT2D eigenvalue weighted by Gasteiger charge is -2.26. The van der Waals surface area contributed by atoms with Crippen molar-refractivity contribution in [2.24, 2.45) is 0 Å². The molecule has 4 rings (SSSR count). The minimum atomic E-state index is -0.537. The van der Waals surface area contributed by atoms with Crippen molar-refractivity contribution in [1.29, 1.82) is 5.26 Å². The van der Waals surface area contributed by atoms with Crippen molar-refractivity contribution < 1.29 is 9.32 Å². The Hall–Kier alpha value is -3.28. The topological polar surface area (TPSA) is 122 Å². The predicted octanol–water partition coefficient (Wildman–Crippen LogP) is 2.43. The van der Waals surface area contributed by atoms with Gasteiger partial charge in [0.15, 0.2) is 11.5 Å². The van der Waals surface area contributed by atoms with Gasteiger partial charge < -0.3 is 9.84 Å². The maximum Gasteiger partial charge on any atom is 0.223 e. The number of carbonyl (C=O) groups is 1. The summed E-state index contributed by atoms with van der Waals surface area (Å²) in [5.41, 5.74) is 3.13. The van der Waals surface area contributed by atoms with E-state index in [4.69, 9.17) is 4.52 Å². The number of carbonyl (C=O) groups excluding carboxylic acids is 1. The molecule has 0 aliphatic heterocycles. The second kappa shape index (κ2) is 7.28. The van der Waals surface area contributed by atoms with Gasteiger partial charge in [-0.1, -0.05) is 18.0 Å². The molecule has 29 heavy (non-hydrogen) atoms. The molecular weight excluding hydrogens is 370 g/mol. The van der Waals surface area contributed by atoms with Crippen LogP contribution in [0.15, 0.2) is 10.7 Å². The summed E-state index contributed by atoms with van der Waals surface area (Å²) < 4.78 is 6.81. The molecule has 0 spiro atoms. The third-order valence-corrected chi connectivity index (χ3v) is 5.72. The standard InChI is InChI=1S/C20H23N7O2/c1-12-16(13(2)27-18(23-12)15(10-21)11-22-27)6-7-17(28)25-20(8-4-5-9-20)19-24-14(3)29-26-19/h11H,4-9H2,1-3H3,(H,25,28). The molecule has 1 N–H and O–H groups in total. The van der Waals surface area contributed by atoms with Crippen LogP contribution in [-0.2, 0) is 16.8 Å². The summed E-state index contributed by atoms with van der Waals surface area (Å²) in [7, 11) is 0. The minimum Gasteiger partial charge on any atom is -0.343 e. The number of nitrogens with one attached hydrogen (secondary N) is 1. The van der Waals surface area contributed by atoms with Crippen LogP contribution in [-0.4, -0.2) is 30.6 Å². The molecule has 0 unspecified atom stereocenters. The van der Waals surface area contributed by atoms with Crippen molar-refractivity contribution in [3.05, 3.63) is 40.4 Å². The molecule has 1 aliphatic rings. The largest absolute Gasteiger partial charge is 0.343 e. The molecule has 9 nitrogen and oxygen atoms in total. The SMILES string of the molecule is Cc1nc(C2(NC(=O)CCc3c(C)nc4c(C#N)cnn4c3C)CCCC2)no1. The van der Waals surface area contributed by atoms with Crippen LogP contribution in [0.3, 0.4) is 0 Å². The van der Waals surface area contributed by atoms with Crippen LogP contribution in [0.2, 0.25) is 0 Å². The van der Waals surface area contributed by atoms with Crippen LogP contribution >= 0.6 is 0 Å². The van der Waals surface area contributed by atoms with Crippen molar-refractivity contribution in [2.75, 3.05) is 0 Å². The molecule has 3 aromatic rings. The van der Waals surface area contributed by atoms with E-state index in [1.54, 1.807) is 11.4 Å². The zero-order valence-corrected chi connectivity index (χ0v) is 16.8. The van der Waals surface area contributed by atoms with Gasteiger partial charge in [0.2, 0.25) is 11.8 Å². The second-order valence-electron chi connectivity index (χ2n) is 7.64. The first-order valence-corrected chi connectivity index (χ1v) is 9.79. The van der Waals surface area contributed by atoms with Crippen LogP contribution in [0.25, 0.3) is 5.65 Å². The van der Waals surface area contributed by atoms with Crippen LogP contribution in [0.5, 0.6) is 0 Å². The number of amides is 1. The Balaban J connectivity index is 1.52. The highest BCUT2D eigenvalue weighted by atomic mass is 16.5. The van der Waals surface area contributed by atoms with Crippen molar-refractivity contribution in [2.45, 2.75) is 64.8 Å². The summed E-state index contributed by atoms with van der Waals surface area (Å²) in [5, 5.41) is 20.7. The number of nitrogens with zero attached hydrogens (tertiary/aromatic N) is 6. The van der Waals surface area contributed by atoms with Gasteiger partial charge in [-0.15, -0.1) is 0 Å². The summed E-state index contributed by atoms with van der Waals surface area (Å²) in [5.74, 6) is 1.02. The van der Waals surface area contributed by atoms with Gasteiger partial charge in [-0.3, -0.25) is 4.79 Å². The molecule has 1 saturated carbocycles. The van der Waals surface area contributed by atoms with Crippen molar-refractivity contribution in [1.82, 2.24) is 30.1 Å². The van der Waals surface area contributed by atoms with E-state index in [1.807, 2.05) is 13.8 Å². The normalized spacial score (nSPS) is 15.5. The number of aromatic nitrogens is 5. The lowest BCUT2D eigenvalue weighted by Crippen LogP contribution is -2.44. The number of fused-ring (bicyclic) bond motifs is 1. The molecule has 0 atom stereocenters. The summed E-state index contributed by atoms with van der Waals surface area (Å²) in [6, 6.07) is 2.11. The van der Waals surface area contributed by atoms with Crippen LogP contribution in [0, 0.1) is 32.1 Å². The first kappa shape index (κ1) is 19.1. The van der Waals surface area contributed by atoms with Gasteiger partial charge in [-0.25, -0.2) is 9.50 Å². The van der Waals surface area contributed by atoms with Gasteiger partial charge >= 0.3 is 0 Å². The molecule has 1 fully saturated rings. The molecule has 0 aromatic carbocycles. The van der Waals surface area contributed by atoms with Gasteiger partial charge in [-0.2, -0.15) is 15.3 Å². The van der Waals surface area contributed by atoms with E-state index in [0.29, 0.717) is 35.8 Å². The fourth-order valence-electron chi connectivity index (χ4n) is 4.20. The molecule has 3 heterocycles. The summed E-state index contributed by atoms with van der Waals surface area (Å²) in [6.07, 6.45) is 6.04. The quantitative estimate of drug-likeness (QED) is 0.706. The van der Waals surface area contributed by atoms with Crippen LogP contribution in [0.1, 0.15) is 66.3 Å². The Kier molecular flexibility index (Phi) is 4.78. The highest BCUT2D eigenvalue weighted by Crippen LogP contribution is 2.37. The number of nitriles is 1. The average molecular weight is 393 g/mol. The summed E-state index contributed by atoms with van der Waals surface area (Å²) in [6.45, 7) is 5.58. The van der Waals surface area contributed by atoms with Gasteiger partial charge in [0.1, 0.15) is 17.2 Å². The van der Waals surface area contributed by atoms with Gasteiger partial charge in [0, 0.05) is 24.7 Å². The smallest absolute Gasteiger partial charge is 0.223 e. The predicted molar refractivity (Wildman–Crippen MR) is 103 cm³/mol. The molecule has 3 aromatic heterocycles. The second-order valence-corrected chi connectivity index (χ2v) is 7.64. The van der Waals surface area contributed by atoms with Gasteiger partial charge in [0.25, 0.3) is 0 Å². The fraction of sp³-hybridized carbons (Fsp3) is 0.500. The van der Waals surface area contributed by atoms with Crippen molar-refractivity contribution in [3.8, 4) is 6.07 Å². The average Bonchev–Trinajstić information content (AvgIpc) is 3.41. The van der Waals surface area contributed by atoms with E-state index < -0.39 is 5.54 Å². The van der Waals surface area contributed by atoms with Crippen LogP contribution < -0.4 is 5.32 Å². The van der Waals surface area contributed by atoms with E-state index in [1.165, 1.54) is 6.20 Å². The molecule has 1 amide bonds. The number of hydrogen-bond donors (Lipinski definition) is 1. The Bertz CT molecular complexity index is 1120. The zero-order valence-electron chi connectivity index (χ0n) is 16.8. The Morgan fingerprint density at radius 3 is 2.72 bits per heavy atom. The molecule has 0 radical (unpaired) electrons. The molecule has 0 bridgehead atoms. The van der Waals surface area contributed by atoms with Gasteiger partial charge in [0.05, 0.1) is 6.20 Å². The van der Waals surface area contributed by atoms with E-state index in [0.717, 1.165) is 42.6 Å². The highest BCUT2D eigenvalue weighted by Gasteiger charge is 2.41. The lowest BCUT2D eigenvalue weighted by atomic mass is 9.95. The number of hydrogen-bond acceptors (Lipinski definition) is 7. The third-order valence-electron chi connectivity index (χ3n) is 5.72.